The van der Waals surface area contributed by atoms with Crippen LogP contribution in [0, 0.1) is 16.6 Å². The largest absolute Gasteiger partial charge is 0.507 e. The number of rotatable bonds is 4. The summed E-state index contributed by atoms with van der Waals surface area (Å²) in [7, 11) is 3.50. The zero-order valence-corrected chi connectivity index (χ0v) is 20.7. The number of pyridine rings is 1. The Morgan fingerprint density at radius 3 is 2.49 bits per heavy atom. The molecule has 0 spiro atoms. The first-order valence-corrected chi connectivity index (χ1v) is 12.2. The molecule has 8 heteroatoms. The molecule has 35 heavy (non-hydrogen) atoms. The number of halogens is 1. The molecule has 3 atom stereocenters. The van der Waals surface area contributed by atoms with Crippen molar-refractivity contribution in [2.24, 2.45) is 10.8 Å². The fourth-order valence-corrected chi connectivity index (χ4v) is 6.49. The fourth-order valence-electron chi connectivity index (χ4n) is 6.49. The molecule has 2 aliphatic rings. The number of aromatic hydroxyl groups is 1. The summed E-state index contributed by atoms with van der Waals surface area (Å²) in [5, 5.41) is 22.3. The summed E-state index contributed by atoms with van der Waals surface area (Å²) in [4.78, 5) is 18.2. The second-order valence-electron chi connectivity index (χ2n) is 11.1. The van der Waals surface area contributed by atoms with Crippen molar-refractivity contribution >= 4 is 22.6 Å². The van der Waals surface area contributed by atoms with Crippen molar-refractivity contribution < 1.29 is 14.3 Å². The highest BCUT2D eigenvalue weighted by Crippen LogP contribution is 2.56. The van der Waals surface area contributed by atoms with Crippen molar-refractivity contribution in [2.75, 3.05) is 19.0 Å². The van der Waals surface area contributed by atoms with E-state index in [1.54, 1.807) is 6.07 Å². The lowest BCUT2D eigenvalue weighted by Crippen LogP contribution is -2.49. The van der Waals surface area contributed by atoms with Crippen molar-refractivity contribution in [3.63, 3.8) is 0 Å². The molecule has 2 aliphatic carbocycles. The minimum atomic E-state index is -0.726. The number of phenolic OH excluding ortho intramolecular Hbond substituents is 1. The van der Waals surface area contributed by atoms with Gasteiger partial charge in [0.25, 0.3) is 5.91 Å². The quantitative estimate of drug-likeness (QED) is 0.544. The maximum absolute atomic E-state index is 14.4. The molecular weight excluding hydrogens is 445 g/mol. The van der Waals surface area contributed by atoms with Gasteiger partial charge in [-0.25, -0.2) is 9.37 Å². The van der Waals surface area contributed by atoms with Crippen molar-refractivity contribution in [1.29, 1.82) is 0 Å². The SMILES string of the molecule is CNC(=O)c1nc2cc(O)c(-c3ccc(N(C)C4C[C@]5(C)CCC[C@](C)(C4)C5)nn3)cc2cc1F. The van der Waals surface area contributed by atoms with Crippen molar-refractivity contribution in [3.05, 3.63) is 41.8 Å². The summed E-state index contributed by atoms with van der Waals surface area (Å²) in [6.07, 6.45) is 7.52. The number of nitrogens with one attached hydrogen (secondary N) is 1. The molecule has 7 nitrogen and oxygen atoms in total. The molecule has 2 saturated carbocycles. The number of anilines is 1. The molecule has 2 heterocycles. The number of amides is 1. The lowest BCUT2D eigenvalue weighted by molar-refractivity contribution is 0.0141. The first-order valence-electron chi connectivity index (χ1n) is 12.2. The van der Waals surface area contributed by atoms with Crippen LogP contribution >= 0.6 is 0 Å². The second-order valence-corrected chi connectivity index (χ2v) is 11.1. The Labute approximate surface area is 204 Å². The normalized spacial score (nSPS) is 25.9. The van der Waals surface area contributed by atoms with Crippen LogP contribution in [-0.2, 0) is 0 Å². The van der Waals surface area contributed by atoms with Crippen LogP contribution in [0.15, 0.2) is 30.3 Å². The molecule has 1 unspecified atom stereocenters. The molecule has 1 amide bonds. The maximum atomic E-state index is 14.4. The van der Waals surface area contributed by atoms with E-state index in [2.05, 4.69) is 46.3 Å². The van der Waals surface area contributed by atoms with Gasteiger partial charge in [0.05, 0.1) is 11.2 Å². The molecule has 0 saturated heterocycles. The van der Waals surface area contributed by atoms with Crippen LogP contribution in [0.1, 0.15) is 62.9 Å². The first kappa shape index (κ1) is 23.5. The van der Waals surface area contributed by atoms with Gasteiger partial charge in [-0.1, -0.05) is 20.3 Å². The predicted molar refractivity (Wildman–Crippen MR) is 134 cm³/mol. The van der Waals surface area contributed by atoms with Crippen LogP contribution in [0.3, 0.4) is 0 Å². The monoisotopic (exact) mass is 477 g/mol. The Hall–Kier alpha value is -3.29. The van der Waals surface area contributed by atoms with Crippen molar-refractivity contribution in [1.82, 2.24) is 20.5 Å². The molecule has 2 fully saturated rings. The summed E-state index contributed by atoms with van der Waals surface area (Å²) in [5.41, 5.74) is 1.69. The molecule has 2 bridgehead atoms. The highest BCUT2D eigenvalue weighted by molar-refractivity contribution is 5.96. The lowest BCUT2D eigenvalue weighted by atomic mass is 9.55. The van der Waals surface area contributed by atoms with Gasteiger partial charge >= 0.3 is 0 Å². The summed E-state index contributed by atoms with van der Waals surface area (Å²) in [6.45, 7) is 4.86. The molecule has 1 aromatic carbocycles. The van der Waals surface area contributed by atoms with E-state index in [9.17, 15) is 14.3 Å². The van der Waals surface area contributed by atoms with Crippen molar-refractivity contribution in [2.45, 2.75) is 58.4 Å². The van der Waals surface area contributed by atoms with E-state index in [1.807, 2.05) is 12.1 Å². The van der Waals surface area contributed by atoms with Crippen LogP contribution < -0.4 is 10.2 Å². The Morgan fingerprint density at radius 2 is 1.86 bits per heavy atom. The third-order valence-electron chi connectivity index (χ3n) is 8.03. The molecule has 5 rings (SSSR count). The van der Waals surface area contributed by atoms with Gasteiger partial charge in [0.15, 0.2) is 17.3 Å². The van der Waals surface area contributed by atoms with Gasteiger partial charge in [-0.15, -0.1) is 10.2 Å². The van der Waals surface area contributed by atoms with Gasteiger partial charge in [0, 0.05) is 37.2 Å². The number of hydrogen-bond acceptors (Lipinski definition) is 6. The number of phenols is 1. The zero-order valence-electron chi connectivity index (χ0n) is 20.7. The second kappa shape index (κ2) is 8.43. The Bertz CT molecular complexity index is 1280. The molecule has 0 aliphatic heterocycles. The van der Waals surface area contributed by atoms with E-state index in [0.29, 0.717) is 39.0 Å². The minimum Gasteiger partial charge on any atom is -0.507 e. The van der Waals surface area contributed by atoms with Gasteiger partial charge in [-0.3, -0.25) is 4.79 Å². The van der Waals surface area contributed by atoms with E-state index >= 15 is 0 Å². The molecular formula is C27H32FN5O2. The van der Waals surface area contributed by atoms with E-state index < -0.39 is 11.7 Å². The molecule has 3 aromatic rings. The van der Waals surface area contributed by atoms with Crippen LogP contribution in [-0.4, -0.2) is 46.3 Å². The third kappa shape index (κ3) is 4.30. The molecule has 2 aromatic heterocycles. The van der Waals surface area contributed by atoms with E-state index in [1.165, 1.54) is 44.9 Å². The maximum Gasteiger partial charge on any atom is 0.272 e. The minimum absolute atomic E-state index is 0.0594. The number of nitrogens with zero attached hydrogens (tertiary/aromatic N) is 4. The standard InChI is InChI=1S/C27H32FN5O2/c1-26-8-5-9-27(2,15-26)14-17(13-26)33(4)23-7-6-20(31-32-23)18-10-16-11-19(28)24(25(35)29-3)30-21(16)12-22(18)34/h6-7,10-12,17,34H,5,8-9,13-15H2,1-4H3,(H,29,35)/t17?,26-,27+. The average molecular weight is 478 g/mol. The third-order valence-corrected chi connectivity index (χ3v) is 8.03. The lowest BCUT2D eigenvalue weighted by Gasteiger charge is -2.54. The number of carbonyl (C=O) groups is 1. The number of aromatic nitrogens is 3. The molecule has 0 radical (unpaired) electrons. The smallest absolute Gasteiger partial charge is 0.272 e. The summed E-state index contributed by atoms with van der Waals surface area (Å²) in [6, 6.07) is 8.44. The highest BCUT2D eigenvalue weighted by atomic mass is 19.1. The zero-order chi connectivity index (χ0) is 25.0. The predicted octanol–water partition coefficient (Wildman–Crippen LogP) is 5.08. The summed E-state index contributed by atoms with van der Waals surface area (Å²) in [5.74, 6) is -0.607. The Morgan fingerprint density at radius 1 is 1.14 bits per heavy atom. The summed E-state index contributed by atoms with van der Waals surface area (Å²) >= 11 is 0. The van der Waals surface area contributed by atoms with E-state index in [-0.39, 0.29) is 11.4 Å². The Kier molecular flexibility index (Phi) is 5.65. The fraction of sp³-hybridized carbons (Fsp3) is 0.481. The molecule has 184 valence electrons. The summed E-state index contributed by atoms with van der Waals surface area (Å²) < 4.78 is 14.4. The van der Waals surface area contributed by atoms with Crippen LogP contribution in [0.2, 0.25) is 0 Å². The van der Waals surface area contributed by atoms with E-state index in [0.717, 1.165) is 18.7 Å². The van der Waals surface area contributed by atoms with Crippen molar-refractivity contribution in [3.8, 4) is 17.0 Å². The number of carbonyl (C=O) groups excluding carboxylic acids is 1. The number of hydrogen-bond donors (Lipinski definition) is 2. The highest BCUT2D eigenvalue weighted by Gasteiger charge is 2.47. The topological polar surface area (TPSA) is 91.2 Å². The number of fused-ring (bicyclic) bond motifs is 3. The first-order chi connectivity index (χ1) is 16.6. The van der Waals surface area contributed by atoms with Gasteiger partial charge in [-0.05, 0) is 67.2 Å². The average Bonchev–Trinajstić information content (AvgIpc) is 2.81. The van der Waals surface area contributed by atoms with Gasteiger partial charge in [0.2, 0.25) is 0 Å². The Balaban J connectivity index is 1.41. The van der Waals surface area contributed by atoms with Crippen LogP contribution in [0.25, 0.3) is 22.2 Å². The van der Waals surface area contributed by atoms with Gasteiger partial charge in [0.1, 0.15) is 5.75 Å². The van der Waals surface area contributed by atoms with Crippen LogP contribution in [0.4, 0.5) is 10.2 Å². The van der Waals surface area contributed by atoms with Crippen LogP contribution in [0.5, 0.6) is 5.75 Å². The number of benzene rings is 1. The molecule has 2 N–H and O–H groups in total. The van der Waals surface area contributed by atoms with Gasteiger partial charge in [-0.2, -0.15) is 0 Å². The van der Waals surface area contributed by atoms with Gasteiger partial charge < -0.3 is 15.3 Å². The van der Waals surface area contributed by atoms with E-state index in [4.69, 9.17) is 0 Å².